The number of amides is 1. The molecular weight excluding hydrogens is 238 g/mol. The van der Waals surface area contributed by atoms with Crippen molar-refractivity contribution in [2.75, 3.05) is 13.1 Å². The molecule has 1 N–H and O–H groups in total. The maximum Gasteiger partial charge on any atom is 0.304 e. The number of thiophene rings is 1. The summed E-state index contributed by atoms with van der Waals surface area (Å²) < 4.78 is 0. The molecule has 0 radical (unpaired) electrons. The van der Waals surface area contributed by atoms with Crippen molar-refractivity contribution in [3.63, 3.8) is 0 Å². The Balaban J connectivity index is 2.90. The van der Waals surface area contributed by atoms with Crippen molar-refractivity contribution < 1.29 is 14.7 Å². The maximum absolute atomic E-state index is 12.2. The van der Waals surface area contributed by atoms with Crippen LogP contribution in [0.25, 0.3) is 0 Å². The molecule has 17 heavy (non-hydrogen) atoms. The topological polar surface area (TPSA) is 57.6 Å². The van der Waals surface area contributed by atoms with E-state index >= 15 is 0 Å². The Bertz CT molecular complexity index is 371. The van der Waals surface area contributed by atoms with Crippen LogP contribution in [0.5, 0.6) is 0 Å². The van der Waals surface area contributed by atoms with Crippen LogP contribution < -0.4 is 0 Å². The summed E-state index contributed by atoms with van der Waals surface area (Å²) in [5, 5.41) is 10.8. The van der Waals surface area contributed by atoms with E-state index in [9.17, 15) is 9.59 Å². The first kappa shape index (κ1) is 13.7. The van der Waals surface area contributed by atoms with E-state index in [0.717, 1.165) is 4.88 Å². The summed E-state index contributed by atoms with van der Waals surface area (Å²) in [4.78, 5) is 25.5. The summed E-state index contributed by atoms with van der Waals surface area (Å²) in [6, 6.07) is 3.66. The molecule has 1 aromatic heterocycles. The standard InChI is InChI=1S/C12H17NO3S/c1-3-13(4-2)12(16)9(8-11(14)15)10-6-5-7-17-10/h5-7,9H,3-4,8H2,1-2H3,(H,14,15). The first-order valence-corrected chi connectivity index (χ1v) is 6.52. The van der Waals surface area contributed by atoms with Gasteiger partial charge in [0.1, 0.15) is 0 Å². The molecule has 1 rings (SSSR count). The molecule has 1 amide bonds. The van der Waals surface area contributed by atoms with E-state index in [1.54, 1.807) is 4.90 Å². The molecule has 0 aromatic carbocycles. The monoisotopic (exact) mass is 255 g/mol. The normalized spacial score (nSPS) is 12.1. The number of carboxylic acid groups (broad SMARTS) is 1. The van der Waals surface area contributed by atoms with E-state index in [2.05, 4.69) is 0 Å². The fraction of sp³-hybridized carbons (Fsp3) is 0.500. The molecule has 0 aliphatic rings. The molecule has 1 unspecified atom stereocenters. The zero-order valence-corrected chi connectivity index (χ0v) is 10.9. The minimum Gasteiger partial charge on any atom is -0.481 e. The average Bonchev–Trinajstić information content (AvgIpc) is 2.80. The Kier molecular flexibility index (Phi) is 5.15. The van der Waals surface area contributed by atoms with Gasteiger partial charge in [0.05, 0.1) is 12.3 Å². The minimum atomic E-state index is -0.941. The molecule has 0 fully saturated rings. The fourth-order valence-electron chi connectivity index (χ4n) is 1.73. The van der Waals surface area contributed by atoms with Gasteiger partial charge >= 0.3 is 5.97 Å². The molecule has 0 spiro atoms. The number of aliphatic carboxylic acids is 1. The lowest BCUT2D eigenvalue weighted by Crippen LogP contribution is -2.35. The molecule has 0 saturated heterocycles. The van der Waals surface area contributed by atoms with E-state index in [0.29, 0.717) is 13.1 Å². The van der Waals surface area contributed by atoms with E-state index < -0.39 is 11.9 Å². The van der Waals surface area contributed by atoms with Gasteiger partial charge in [-0.25, -0.2) is 0 Å². The van der Waals surface area contributed by atoms with Crippen molar-refractivity contribution >= 4 is 23.2 Å². The van der Waals surface area contributed by atoms with E-state index in [1.165, 1.54) is 11.3 Å². The van der Waals surface area contributed by atoms with Crippen molar-refractivity contribution in [3.8, 4) is 0 Å². The smallest absolute Gasteiger partial charge is 0.304 e. The third-order valence-corrected chi connectivity index (χ3v) is 3.62. The minimum absolute atomic E-state index is 0.0974. The number of carbonyl (C=O) groups is 2. The lowest BCUT2D eigenvalue weighted by atomic mass is 10.0. The first-order chi connectivity index (χ1) is 8.10. The summed E-state index contributed by atoms with van der Waals surface area (Å²) in [7, 11) is 0. The number of hydrogen-bond donors (Lipinski definition) is 1. The van der Waals surface area contributed by atoms with E-state index in [-0.39, 0.29) is 12.3 Å². The van der Waals surface area contributed by atoms with Crippen LogP contribution in [0, 0.1) is 0 Å². The molecule has 1 atom stereocenters. The third-order valence-electron chi connectivity index (χ3n) is 2.64. The number of rotatable bonds is 6. The number of carbonyl (C=O) groups excluding carboxylic acids is 1. The van der Waals surface area contributed by atoms with Gasteiger partial charge in [0.15, 0.2) is 0 Å². The zero-order valence-electron chi connectivity index (χ0n) is 10.0. The second kappa shape index (κ2) is 6.39. The Hall–Kier alpha value is -1.36. The van der Waals surface area contributed by atoms with Crippen LogP contribution >= 0.6 is 11.3 Å². The van der Waals surface area contributed by atoms with Crippen molar-refractivity contribution in [1.82, 2.24) is 4.90 Å². The predicted molar refractivity (Wildman–Crippen MR) is 67.2 cm³/mol. The molecule has 0 bridgehead atoms. The molecule has 94 valence electrons. The zero-order chi connectivity index (χ0) is 12.8. The molecule has 0 saturated carbocycles. The van der Waals surface area contributed by atoms with Crippen molar-refractivity contribution in [3.05, 3.63) is 22.4 Å². The molecule has 0 aliphatic carbocycles. The van der Waals surface area contributed by atoms with Crippen molar-refractivity contribution in [2.45, 2.75) is 26.2 Å². The molecule has 4 nitrogen and oxygen atoms in total. The van der Waals surface area contributed by atoms with Crippen LogP contribution in [-0.2, 0) is 9.59 Å². The van der Waals surface area contributed by atoms with Gasteiger partial charge in [-0.3, -0.25) is 9.59 Å². The van der Waals surface area contributed by atoms with E-state index in [4.69, 9.17) is 5.11 Å². The van der Waals surface area contributed by atoms with Gasteiger partial charge in [-0.1, -0.05) is 6.07 Å². The SMILES string of the molecule is CCN(CC)C(=O)C(CC(=O)O)c1cccs1. The highest BCUT2D eigenvalue weighted by atomic mass is 32.1. The predicted octanol–water partition coefficient (Wildman–Crippen LogP) is 2.17. The van der Waals surface area contributed by atoms with Crippen LogP contribution in [-0.4, -0.2) is 35.0 Å². The summed E-state index contributed by atoms with van der Waals surface area (Å²) in [6.07, 6.45) is -0.143. The second-order valence-corrected chi connectivity index (χ2v) is 4.66. The van der Waals surface area contributed by atoms with Crippen molar-refractivity contribution in [1.29, 1.82) is 0 Å². The molecule has 5 heteroatoms. The summed E-state index contributed by atoms with van der Waals surface area (Å²) >= 11 is 1.43. The summed E-state index contributed by atoms with van der Waals surface area (Å²) in [5.74, 6) is -1.59. The maximum atomic E-state index is 12.2. The summed E-state index contributed by atoms with van der Waals surface area (Å²) in [6.45, 7) is 5.01. The first-order valence-electron chi connectivity index (χ1n) is 5.64. The quantitative estimate of drug-likeness (QED) is 0.847. The Labute approximate surface area is 105 Å². The lowest BCUT2D eigenvalue weighted by Gasteiger charge is -2.23. The van der Waals surface area contributed by atoms with Gasteiger partial charge in [-0.15, -0.1) is 11.3 Å². The number of hydrogen-bond acceptors (Lipinski definition) is 3. The summed E-state index contributed by atoms with van der Waals surface area (Å²) in [5.41, 5.74) is 0. The van der Waals surface area contributed by atoms with Gasteiger partial charge in [0.25, 0.3) is 0 Å². The second-order valence-electron chi connectivity index (χ2n) is 3.68. The van der Waals surface area contributed by atoms with Crippen LogP contribution in [0.2, 0.25) is 0 Å². The largest absolute Gasteiger partial charge is 0.481 e. The van der Waals surface area contributed by atoms with Gasteiger partial charge < -0.3 is 10.0 Å². The van der Waals surface area contributed by atoms with Crippen LogP contribution in [0.15, 0.2) is 17.5 Å². The van der Waals surface area contributed by atoms with Crippen LogP contribution in [0.4, 0.5) is 0 Å². The molecule has 1 aromatic rings. The Morgan fingerprint density at radius 3 is 2.47 bits per heavy atom. The number of nitrogens with zero attached hydrogens (tertiary/aromatic N) is 1. The molecule has 0 aliphatic heterocycles. The van der Waals surface area contributed by atoms with Crippen LogP contribution in [0.1, 0.15) is 31.1 Å². The third kappa shape index (κ3) is 3.56. The van der Waals surface area contributed by atoms with Crippen LogP contribution in [0.3, 0.4) is 0 Å². The fourth-order valence-corrected chi connectivity index (χ4v) is 2.55. The average molecular weight is 255 g/mol. The lowest BCUT2D eigenvalue weighted by molar-refractivity contribution is -0.142. The van der Waals surface area contributed by atoms with E-state index in [1.807, 2.05) is 31.4 Å². The Morgan fingerprint density at radius 1 is 1.41 bits per heavy atom. The molecular formula is C12H17NO3S. The highest BCUT2D eigenvalue weighted by Gasteiger charge is 2.27. The van der Waals surface area contributed by atoms with Crippen molar-refractivity contribution in [2.24, 2.45) is 0 Å². The molecule has 1 heterocycles. The number of likely N-dealkylation sites (N-methyl/N-ethyl adjacent to an activating group) is 1. The highest BCUT2D eigenvalue weighted by Crippen LogP contribution is 2.26. The Morgan fingerprint density at radius 2 is 2.06 bits per heavy atom. The van der Waals surface area contributed by atoms with Gasteiger partial charge in [0.2, 0.25) is 5.91 Å². The number of carboxylic acids is 1. The highest BCUT2D eigenvalue weighted by molar-refractivity contribution is 7.10. The van der Waals surface area contributed by atoms with Gasteiger partial charge in [-0.2, -0.15) is 0 Å². The van der Waals surface area contributed by atoms with Gasteiger partial charge in [0, 0.05) is 18.0 Å². The van der Waals surface area contributed by atoms with Gasteiger partial charge in [-0.05, 0) is 25.3 Å².